The molecule has 0 spiro atoms. The van der Waals surface area contributed by atoms with Gasteiger partial charge in [-0.1, -0.05) is 5.16 Å². The Kier molecular flexibility index (Phi) is 7.67. The maximum absolute atomic E-state index is 12.4. The molecule has 9 heteroatoms. The summed E-state index contributed by atoms with van der Waals surface area (Å²) in [5.41, 5.74) is 0. The highest BCUT2D eigenvalue weighted by atomic mass is 16.5. The second-order valence-corrected chi connectivity index (χ2v) is 7.12. The van der Waals surface area contributed by atoms with Crippen LogP contribution < -0.4 is 14.8 Å². The van der Waals surface area contributed by atoms with Gasteiger partial charge in [0.25, 0.3) is 0 Å². The first kappa shape index (κ1) is 21.6. The van der Waals surface area contributed by atoms with E-state index in [1.54, 1.807) is 20.1 Å². The summed E-state index contributed by atoms with van der Waals surface area (Å²) in [5, 5.41) is 6.34. The fourth-order valence-electron chi connectivity index (χ4n) is 3.19. The lowest BCUT2D eigenvalue weighted by Gasteiger charge is -2.34. The number of hydrogen-bond acceptors (Lipinski definition) is 7. The molecule has 0 saturated carbocycles. The van der Waals surface area contributed by atoms with Crippen LogP contribution in [0.25, 0.3) is 0 Å². The van der Waals surface area contributed by atoms with Crippen LogP contribution >= 0.6 is 0 Å². The van der Waals surface area contributed by atoms with Gasteiger partial charge in [-0.15, -0.1) is 0 Å². The van der Waals surface area contributed by atoms with Gasteiger partial charge in [-0.3, -0.25) is 14.5 Å². The minimum absolute atomic E-state index is 0.00406. The number of ether oxygens (including phenoxy) is 2. The minimum atomic E-state index is -0.244. The third-order valence-corrected chi connectivity index (χ3v) is 4.92. The minimum Gasteiger partial charge on any atom is -0.497 e. The molecule has 2 amide bonds. The number of anilines is 1. The van der Waals surface area contributed by atoms with Crippen LogP contribution in [0, 0.1) is 6.92 Å². The quantitative estimate of drug-likeness (QED) is 0.667. The summed E-state index contributed by atoms with van der Waals surface area (Å²) in [6.45, 7) is 6.04. The first-order valence-electron chi connectivity index (χ1n) is 10.0. The lowest BCUT2D eigenvalue weighted by atomic mass is 10.2. The molecule has 162 valence electrons. The van der Waals surface area contributed by atoms with Gasteiger partial charge in [0.1, 0.15) is 23.9 Å². The molecular formula is C21H28N4O5. The third kappa shape index (κ3) is 6.48. The van der Waals surface area contributed by atoms with Crippen molar-refractivity contribution in [3.8, 4) is 11.5 Å². The normalized spacial score (nSPS) is 14.4. The van der Waals surface area contributed by atoms with Crippen molar-refractivity contribution in [1.29, 1.82) is 0 Å². The van der Waals surface area contributed by atoms with Gasteiger partial charge in [0.05, 0.1) is 7.11 Å². The van der Waals surface area contributed by atoms with Crippen LogP contribution in [0.2, 0.25) is 0 Å². The second-order valence-electron chi connectivity index (χ2n) is 7.12. The number of benzene rings is 1. The van der Waals surface area contributed by atoms with E-state index < -0.39 is 0 Å². The van der Waals surface area contributed by atoms with E-state index in [9.17, 15) is 9.59 Å². The third-order valence-electron chi connectivity index (χ3n) is 4.92. The fourth-order valence-corrected chi connectivity index (χ4v) is 3.19. The summed E-state index contributed by atoms with van der Waals surface area (Å²) < 4.78 is 15.8. The summed E-state index contributed by atoms with van der Waals surface area (Å²) >= 11 is 0. The molecule has 1 aromatic heterocycles. The lowest BCUT2D eigenvalue weighted by Crippen LogP contribution is -2.49. The van der Waals surface area contributed by atoms with Gasteiger partial charge in [0.15, 0.2) is 5.82 Å². The number of hydrogen-bond donors (Lipinski definition) is 1. The Balaban J connectivity index is 1.30. The predicted molar refractivity (Wildman–Crippen MR) is 111 cm³/mol. The number of nitrogens with one attached hydrogen (secondary N) is 1. The molecule has 30 heavy (non-hydrogen) atoms. The molecule has 1 aliphatic heterocycles. The van der Waals surface area contributed by atoms with Crippen LogP contribution in [0.4, 0.5) is 5.82 Å². The molecule has 9 nitrogen and oxygen atoms in total. The molecule has 1 aliphatic rings. The van der Waals surface area contributed by atoms with Gasteiger partial charge in [-0.05, 0) is 31.2 Å². The highest BCUT2D eigenvalue weighted by Gasteiger charge is 2.21. The van der Waals surface area contributed by atoms with Crippen LogP contribution in [-0.4, -0.2) is 73.2 Å². The van der Waals surface area contributed by atoms with E-state index in [0.29, 0.717) is 31.3 Å². The van der Waals surface area contributed by atoms with Crippen molar-refractivity contribution < 1.29 is 23.6 Å². The Hall–Kier alpha value is -3.07. The average Bonchev–Trinajstić information content (AvgIpc) is 3.17. The summed E-state index contributed by atoms with van der Waals surface area (Å²) in [5.74, 6) is 2.35. The summed E-state index contributed by atoms with van der Waals surface area (Å²) in [6, 6.07) is 9.14. The Morgan fingerprint density at radius 1 is 1.10 bits per heavy atom. The molecule has 1 aromatic carbocycles. The molecule has 0 radical (unpaired) electrons. The Bertz CT molecular complexity index is 828. The van der Waals surface area contributed by atoms with Crippen LogP contribution in [-0.2, 0) is 9.59 Å². The number of rotatable bonds is 9. The van der Waals surface area contributed by atoms with Crippen molar-refractivity contribution in [2.45, 2.75) is 19.8 Å². The lowest BCUT2D eigenvalue weighted by molar-refractivity contribution is -0.134. The second kappa shape index (κ2) is 10.6. The number of carbonyl (C=O) groups is 2. The van der Waals surface area contributed by atoms with Crippen molar-refractivity contribution in [2.75, 3.05) is 51.8 Å². The van der Waals surface area contributed by atoms with E-state index in [1.807, 2.05) is 29.2 Å². The maximum atomic E-state index is 12.4. The molecule has 1 fully saturated rings. The molecule has 0 bridgehead atoms. The average molecular weight is 416 g/mol. The predicted octanol–water partition coefficient (Wildman–Crippen LogP) is 1.93. The molecule has 3 rings (SSSR count). The molecule has 1 saturated heterocycles. The topological polar surface area (TPSA) is 97.1 Å². The molecule has 1 N–H and O–H groups in total. The summed E-state index contributed by atoms with van der Waals surface area (Å²) in [6.07, 6.45) is 0.309. The Morgan fingerprint density at radius 2 is 1.80 bits per heavy atom. The summed E-state index contributed by atoms with van der Waals surface area (Å²) in [4.78, 5) is 28.4. The van der Waals surface area contributed by atoms with E-state index >= 15 is 0 Å². The van der Waals surface area contributed by atoms with E-state index in [-0.39, 0.29) is 24.7 Å². The highest BCUT2D eigenvalue weighted by Crippen LogP contribution is 2.17. The number of aryl methyl sites for hydroxylation is 1. The first-order valence-corrected chi connectivity index (χ1v) is 10.0. The van der Waals surface area contributed by atoms with Gasteiger partial charge >= 0.3 is 0 Å². The van der Waals surface area contributed by atoms with Gasteiger partial charge in [-0.2, -0.15) is 0 Å². The van der Waals surface area contributed by atoms with E-state index in [4.69, 9.17) is 14.0 Å². The van der Waals surface area contributed by atoms with Crippen LogP contribution in [0.5, 0.6) is 11.5 Å². The number of amides is 2. The van der Waals surface area contributed by atoms with E-state index in [0.717, 1.165) is 31.1 Å². The smallest absolute Gasteiger partial charge is 0.226 e. The zero-order chi connectivity index (χ0) is 21.3. The first-order chi connectivity index (χ1) is 14.5. The van der Waals surface area contributed by atoms with Crippen LogP contribution in [0.3, 0.4) is 0 Å². The van der Waals surface area contributed by atoms with Gasteiger partial charge < -0.3 is 24.2 Å². The standard InChI is InChI=1S/C21H28N4O5/c1-16-15-19(23-30-16)22-20(26)7-8-21(27)25-11-9-24(10-12-25)13-14-29-18-5-3-17(28-2)4-6-18/h3-6,15H,7-14H2,1-2H3,(H,22,23,26). The van der Waals surface area contributed by atoms with Gasteiger partial charge in [0.2, 0.25) is 11.8 Å². The van der Waals surface area contributed by atoms with Crippen molar-refractivity contribution in [3.63, 3.8) is 0 Å². The van der Waals surface area contributed by atoms with Gasteiger partial charge in [0, 0.05) is 51.6 Å². The van der Waals surface area contributed by atoms with Crippen molar-refractivity contribution in [2.24, 2.45) is 0 Å². The molecule has 2 aromatic rings. The largest absolute Gasteiger partial charge is 0.497 e. The monoisotopic (exact) mass is 416 g/mol. The number of nitrogens with zero attached hydrogens (tertiary/aromatic N) is 3. The SMILES string of the molecule is COc1ccc(OCCN2CCN(C(=O)CCC(=O)Nc3cc(C)on3)CC2)cc1. The molecule has 0 unspecified atom stereocenters. The molecule has 0 aliphatic carbocycles. The van der Waals surface area contributed by atoms with Gasteiger partial charge in [-0.25, -0.2) is 0 Å². The van der Waals surface area contributed by atoms with E-state index in [1.165, 1.54) is 0 Å². The number of piperazine rings is 1. The van der Waals surface area contributed by atoms with Crippen LogP contribution in [0.1, 0.15) is 18.6 Å². The summed E-state index contributed by atoms with van der Waals surface area (Å²) in [7, 11) is 1.63. The van der Waals surface area contributed by atoms with Crippen LogP contribution in [0.15, 0.2) is 34.9 Å². The highest BCUT2D eigenvalue weighted by molar-refractivity contribution is 5.92. The van der Waals surface area contributed by atoms with Crippen molar-refractivity contribution >= 4 is 17.6 Å². The molecule has 2 heterocycles. The maximum Gasteiger partial charge on any atom is 0.226 e. The Morgan fingerprint density at radius 3 is 2.43 bits per heavy atom. The zero-order valence-corrected chi connectivity index (χ0v) is 17.4. The van der Waals surface area contributed by atoms with Crippen molar-refractivity contribution in [3.05, 3.63) is 36.1 Å². The molecule has 0 atom stereocenters. The van der Waals surface area contributed by atoms with E-state index in [2.05, 4.69) is 15.4 Å². The zero-order valence-electron chi connectivity index (χ0n) is 17.4. The molecular weight excluding hydrogens is 388 g/mol. The number of carbonyl (C=O) groups excluding carboxylic acids is 2. The fraction of sp³-hybridized carbons (Fsp3) is 0.476. The number of aromatic nitrogens is 1. The Labute approximate surface area is 175 Å². The van der Waals surface area contributed by atoms with Crippen molar-refractivity contribution in [1.82, 2.24) is 15.0 Å². The number of methoxy groups -OCH3 is 1.